The number of rotatable bonds is 6. The second-order valence-corrected chi connectivity index (χ2v) is 7.45. The van der Waals surface area contributed by atoms with Gasteiger partial charge in [0.1, 0.15) is 0 Å². The van der Waals surface area contributed by atoms with Crippen LogP contribution in [-0.2, 0) is 9.53 Å². The zero-order valence-electron chi connectivity index (χ0n) is 15.2. The molecule has 1 aliphatic heterocycles. The van der Waals surface area contributed by atoms with Gasteiger partial charge in [0.15, 0.2) is 0 Å². The van der Waals surface area contributed by atoms with Gasteiger partial charge in [-0.25, -0.2) is 0 Å². The lowest BCUT2D eigenvalue weighted by atomic mass is 9.84. The number of carbonyl (C=O) groups is 2. The van der Waals surface area contributed by atoms with Gasteiger partial charge in [0.2, 0.25) is 5.91 Å². The molecule has 5 nitrogen and oxygen atoms in total. The molecule has 1 aromatic rings. The molecule has 3 rings (SSSR count). The molecular weight excluding hydrogens is 316 g/mol. The summed E-state index contributed by atoms with van der Waals surface area (Å²) in [6.45, 7) is 3.95. The highest BCUT2D eigenvalue weighted by molar-refractivity contribution is 5.94. The molecule has 2 aliphatic rings. The molecule has 1 aliphatic carbocycles. The van der Waals surface area contributed by atoms with Gasteiger partial charge in [0.25, 0.3) is 5.91 Å². The Hall–Kier alpha value is -1.88. The lowest BCUT2D eigenvalue weighted by Crippen LogP contribution is -2.57. The summed E-state index contributed by atoms with van der Waals surface area (Å²) in [5.41, 5.74) is 1.60. The lowest BCUT2D eigenvalue weighted by Gasteiger charge is -2.42. The average Bonchev–Trinajstić information content (AvgIpc) is 3.45. The second kappa shape index (κ2) is 7.56. The van der Waals surface area contributed by atoms with Gasteiger partial charge in [-0.05, 0) is 51.2 Å². The van der Waals surface area contributed by atoms with Crippen molar-refractivity contribution in [3.8, 4) is 0 Å². The van der Waals surface area contributed by atoms with E-state index in [-0.39, 0.29) is 23.3 Å². The predicted molar refractivity (Wildman–Crippen MR) is 96.4 cm³/mol. The minimum atomic E-state index is -0.237. The molecule has 0 unspecified atom stereocenters. The number of likely N-dealkylation sites (tertiary alicyclic amines) is 1. The maximum Gasteiger partial charge on any atom is 0.253 e. The molecule has 0 spiro atoms. The van der Waals surface area contributed by atoms with E-state index in [0.29, 0.717) is 19.7 Å². The lowest BCUT2D eigenvalue weighted by molar-refractivity contribution is -0.125. The molecule has 0 bridgehead atoms. The number of hydrogen-bond donors (Lipinski definition) is 1. The molecule has 136 valence electrons. The van der Waals surface area contributed by atoms with Gasteiger partial charge in [-0.1, -0.05) is 17.7 Å². The first-order valence-corrected chi connectivity index (χ1v) is 9.20. The van der Waals surface area contributed by atoms with Crippen molar-refractivity contribution in [3.63, 3.8) is 0 Å². The molecule has 1 N–H and O–H groups in total. The van der Waals surface area contributed by atoms with Gasteiger partial charge >= 0.3 is 0 Å². The number of methoxy groups -OCH3 is 1. The van der Waals surface area contributed by atoms with Gasteiger partial charge in [-0.3, -0.25) is 9.59 Å². The van der Waals surface area contributed by atoms with Crippen LogP contribution in [-0.4, -0.2) is 49.1 Å². The molecule has 0 radical (unpaired) electrons. The molecule has 25 heavy (non-hydrogen) atoms. The highest BCUT2D eigenvalue weighted by Crippen LogP contribution is 2.33. The van der Waals surface area contributed by atoms with Crippen LogP contribution in [0, 0.1) is 12.8 Å². The van der Waals surface area contributed by atoms with Crippen LogP contribution in [0.3, 0.4) is 0 Å². The van der Waals surface area contributed by atoms with Crippen molar-refractivity contribution in [1.82, 2.24) is 10.2 Å². The van der Waals surface area contributed by atoms with Crippen molar-refractivity contribution in [2.24, 2.45) is 5.92 Å². The van der Waals surface area contributed by atoms with E-state index in [4.69, 9.17) is 4.74 Å². The van der Waals surface area contributed by atoms with Gasteiger partial charge in [-0.2, -0.15) is 0 Å². The number of ether oxygens (including phenoxy) is 1. The number of nitrogens with zero attached hydrogens (tertiary/aromatic N) is 1. The Morgan fingerprint density at radius 2 is 2.00 bits per heavy atom. The summed E-state index contributed by atoms with van der Waals surface area (Å²) in [5.74, 6) is 0.457. The van der Waals surface area contributed by atoms with Gasteiger partial charge in [0, 0.05) is 43.8 Å². The maximum absolute atomic E-state index is 12.7. The summed E-state index contributed by atoms with van der Waals surface area (Å²) in [5, 5.41) is 3.28. The van der Waals surface area contributed by atoms with Crippen LogP contribution in [0.4, 0.5) is 0 Å². The third kappa shape index (κ3) is 4.40. The van der Waals surface area contributed by atoms with Crippen LogP contribution in [0.2, 0.25) is 0 Å². The summed E-state index contributed by atoms with van der Waals surface area (Å²) in [6.07, 6.45) is 4.38. The van der Waals surface area contributed by atoms with Crippen molar-refractivity contribution in [1.29, 1.82) is 0 Å². The van der Waals surface area contributed by atoms with Gasteiger partial charge < -0.3 is 15.0 Å². The molecule has 0 aromatic heterocycles. The SMILES string of the molecule is COCCC1(NC(=O)C2CC2)CCN(C(=O)c2cccc(C)c2)CC1. The van der Waals surface area contributed by atoms with E-state index < -0.39 is 0 Å². The molecule has 0 atom stereocenters. The smallest absolute Gasteiger partial charge is 0.253 e. The van der Waals surface area contributed by atoms with Crippen molar-refractivity contribution < 1.29 is 14.3 Å². The fourth-order valence-corrected chi connectivity index (χ4v) is 3.54. The van der Waals surface area contributed by atoms with E-state index in [9.17, 15) is 9.59 Å². The van der Waals surface area contributed by atoms with Crippen LogP contribution in [0.1, 0.15) is 48.0 Å². The monoisotopic (exact) mass is 344 g/mol. The summed E-state index contributed by atoms with van der Waals surface area (Å²) in [4.78, 5) is 26.9. The summed E-state index contributed by atoms with van der Waals surface area (Å²) >= 11 is 0. The number of nitrogens with one attached hydrogen (secondary N) is 1. The van der Waals surface area contributed by atoms with Crippen molar-refractivity contribution in [2.75, 3.05) is 26.8 Å². The second-order valence-electron chi connectivity index (χ2n) is 7.45. The molecule has 1 saturated carbocycles. The Morgan fingerprint density at radius 3 is 2.60 bits per heavy atom. The third-order valence-electron chi connectivity index (χ3n) is 5.39. The van der Waals surface area contributed by atoms with E-state index in [1.807, 2.05) is 36.1 Å². The number of amides is 2. The Kier molecular flexibility index (Phi) is 5.42. The topological polar surface area (TPSA) is 58.6 Å². The number of aryl methyl sites for hydroxylation is 1. The first-order valence-electron chi connectivity index (χ1n) is 9.20. The average molecular weight is 344 g/mol. The van der Waals surface area contributed by atoms with E-state index in [1.165, 1.54) is 0 Å². The zero-order valence-corrected chi connectivity index (χ0v) is 15.2. The highest BCUT2D eigenvalue weighted by atomic mass is 16.5. The van der Waals surface area contributed by atoms with Gasteiger partial charge in [-0.15, -0.1) is 0 Å². The van der Waals surface area contributed by atoms with Crippen molar-refractivity contribution in [2.45, 2.75) is 44.6 Å². The third-order valence-corrected chi connectivity index (χ3v) is 5.39. The van der Waals surface area contributed by atoms with E-state index in [1.54, 1.807) is 7.11 Å². The molecule has 1 saturated heterocycles. The number of piperidine rings is 1. The molecule has 5 heteroatoms. The largest absolute Gasteiger partial charge is 0.385 e. The zero-order chi connectivity index (χ0) is 17.9. The molecule has 1 heterocycles. The summed E-state index contributed by atoms with van der Waals surface area (Å²) < 4.78 is 5.25. The summed E-state index contributed by atoms with van der Waals surface area (Å²) in [7, 11) is 1.69. The Labute approximate surface area is 149 Å². The fraction of sp³-hybridized carbons (Fsp3) is 0.600. The van der Waals surface area contributed by atoms with Crippen LogP contribution in [0.5, 0.6) is 0 Å². The molecule has 1 aromatic carbocycles. The molecule has 2 fully saturated rings. The minimum absolute atomic E-state index is 0.0811. The summed E-state index contributed by atoms with van der Waals surface area (Å²) in [6, 6.07) is 7.72. The normalized spacial score (nSPS) is 19.5. The fourth-order valence-electron chi connectivity index (χ4n) is 3.54. The molecule has 2 amide bonds. The maximum atomic E-state index is 12.7. The Balaban J connectivity index is 1.64. The number of carbonyl (C=O) groups excluding carboxylic acids is 2. The van der Waals surface area contributed by atoms with E-state index >= 15 is 0 Å². The van der Waals surface area contributed by atoms with Crippen LogP contribution in [0.25, 0.3) is 0 Å². The Bertz CT molecular complexity index is 632. The van der Waals surface area contributed by atoms with Crippen molar-refractivity contribution >= 4 is 11.8 Å². The highest BCUT2D eigenvalue weighted by Gasteiger charge is 2.40. The number of hydrogen-bond acceptors (Lipinski definition) is 3. The van der Waals surface area contributed by atoms with Crippen LogP contribution >= 0.6 is 0 Å². The Morgan fingerprint density at radius 1 is 1.28 bits per heavy atom. The van der Waals surface area contributed by atoms with Gasteiger partial charge in [0.05, 0.1) is 0 Å². The van der Waals surface area contributed by atoms with E-state index in [2.05, 4.69) is 5.32 Å². The van der Waals surface area contributed by atoms with E-state index in [0.717, 1.165) is 43.2 Å². The van der Waals surface area contributed by atoms with Crippen LogP contribution in [0.15, 0.2) is 24.3 Å². The van der Waals surface area contributed by atoms with Crippen molar-refractivity contribution in [3.05, 3.63) is 35.4 Å². The standard InChI is InChI=1S/C20H28N2O3/c1-15-4-3-5-17(14-15)19(24)22-11-8-20(9-12-22,10-13-25-2)21-18(23)16-6-7-16/h3-5,14,16H,6-13H2,1-2H3,(H,21,23). The predicted octanol–water partition coefficient (Wildman–Crippen LogP) is 2.53. The minimum Gasteiger partial charge on any atom is -0.385 e. The first kappa shape index (κ1) is 17.9. The molecular formula is C20H28N2O3. The van der Waals surface area contributed by atoms with Crippen LogP contribution < -0.4 is 5.32 Å². The quantitative estimate of drug-likeness (QED) is 0.863. The first-order chi connectivity index (χ1) is 12.0. The number of benzene rings is 1.